The number of pyridine rings is 1. The molecule has 0 aliphatic carbocycles. The van der Waals surface area contributed by atoms with Crippen LogP contribution in [0.5, 0.6) is 0 Å². The third-order valence-electron chi connectivity index (χ3n) is 5.44. The Balaban J connectivity index is 1.46. The zero-order chi connectivity index (χ0) is 18.0. The van der Waals surface area contributed by atoms with Gasteiger partial charge in [0.05, 0.1) is 11.7 Å². The lowest BCUT2D eigenvalue weighted by Gasteiger charge is -2.48. The first-order chi connectivity index (χ1) is 12.7. The maximum atomic E-state index is 12.9. The van der Waals surface area contributed by atoms with Gasteiger partial charge in [-0.15, -0.1) is 10.2 Å². The van der Waals surface area contributed by atoms with E-state index >= 15 is 0 Å². The Morgan fingerprint density at radius 3 is 2.81 bits per heavy atom. The Hall–Kier alpha value is -2.32. The van der Waals surface area contributed by atoms with Crippen LogP contribution in [0.1, 0.15) is 36.0 Å². The van der Waals surface area contributed by atoms with Crippen molar-refractivity contribution in [1.82, 2.24) is 24.6 Å². The van der Waals surface area contributed by atoms with Crippen molar-refractivity contribution in [2.75, 3.05) is 26.8 Å². The van der Waals surface area contributed by atoms with Crippen LogP contribution in [-0.2, 0) is 9.47 Å². The van der Waals surface area contributed by atoms with Gasteiger partial charge in [-0.1, -0.05) is 0 Å². The number of hydrogen-bond acceptors (Lipinski definition) is 6. The molecule has 4 rings (SSSR count). The summed E-state index contributed by atoms with van der Waals surface area (Å²) < 4.78 is 13.5. The van der Waals surface area contributed by atoms with Crippen molar-refractivity contribution in [3.8, 4) is 5.82 Å². The van der Waals surface area contributed by atoms with E-state index < -0.39 is 0 Å². The summed E-state index contributed by atoms with van der Waals surface area (Å²) in [4.78, 5) is 19.1. The molecule has 0 radical (unpaired) electrons. The first kappa shape index (κ1) is 17.1. The summed E-state index contributed by atoms with van der Waals surface area (Å²) in [7, 11) is 1.75. The van der Waals surface area contributed by atoms with E-state index in [1.165, 1.54) is 0 Å². The van der Waals surface area contributed by atoms with Crippen molar-refractivity contribution in [1.29, 1.82) is 0 Å². The monoisotopic (exact) mass is 357 g/mol. The SMILES string of the molecule is CO[C@@H]1CCCOC12CCN(C(=O)c1ccnc(-n3cnnc3)c1)CC2. The highest BCUT2D eigenvalue weighted by atomic mass is 16.5. The molecule has 0 N–H and O–H groups in total. The lowest BCUT2D eigenvalue weighted by atomic mass is 9.81. The predicted octanol–water partition coefficient (Wildman–Crippen LogP) is 1.46. The smallest absolute Gasteiger partial charge is 0.254 e. The zero-order valence-electron chi connectivity index (χ0n) is 14.9. The molecule has 2 aromatic rings. The second-order valence-electron chi connectivity index (χ2n) is 6.84. The number of carbonyl (C=O) groups excluding carboxylic acids is 1. The molecule has 0 unspecified atom stereocenters. The van der Waals surface area contributed by atoms with Crippen LogP contribution in [0.15, 0.2) is 31.0 Å². The number of hydrogen-bond donors (Lipinski definition) is 0. The second kappa shape index (κ2) is 7.13. The normalized spacial score (nSPS) is 22.5. The van der Waals surface area contributed by atoms with E-state index in [0.717, 1.165) is 32.3 Å². The van der Waals surface area contributed by atoms with Crippen molar-refractivity contribution in [3.05, 3.63) is 36.5 Å². The largest absolute Gasteiger partial charge is 0.378 e. The molecule has 8 nitrogen and oxygen atoms in total. The molecule has 1 atom stereocenters. The van der Waals surface area contributed by atoms with Crippen molar-refractivity contribution < 1.29 is 14.3 Å². The van der Waals surface area contributed by atoms with E-state index in [4.69, 9.17) is 9.47 Å². The van der Waals surface area contributed by atoms with Crippen molar-refractivity contribution in [2.24, 2.45) is 0 Å². The lowest BCUT2D eigenvalue weighted by molar-refractivity contribution is -0.183. The fraction of sp³-hybridized carbons (Fsp3) is 0.556. The van der Waals surface area contributed by atoms with Crippen LogP contribution >= 0.6 is 0 Å². The van der Waals surface area contributed by atoms with E-state index in [-0.39, 0.29) is 17.6 Å². The second-order valence-corrected chi connectivity index (χ2v) is 6.84. The van der Waals surface area contributed by atoms with E-state index in [2.05, 4.69) is 15.2 Å². The highest BCUT2D eigenvalue weighted by Crippen LogP contribution is 2.37. The quantitative estimate of drug-likeness (QED) is 0.827. The Bertz CT molecular complexity index is 756. The minimum absolute atomic E-state index is 0.0151. The Kier molecular flexibility index (Phi) is 4.69. The summed E-state index contributed by atoms with van der Waals surface area (Å²) in [5.74, 6) is 0.644. The van der Waals surface area contributed by atoms with Crippen LogP contribution < -0.4 is 0 Å². The summed E-state index contributed by atoms with van der Waals surface area (Å²) in [6, 6.07) is 3.51. The number of nitrogens with zero attached hydrogens (tertiary/aromatic N) is 5. The fourth-order valence-electron chi connectivity index (χ4n) is 3.98. The molecule has 2 aromatic heterocycles. The molecule has 8 heteroatoms. The molecule has 0 aromatic carbocycles. The fourth-order valence-corrected chi connectivity index (χ4v) is 3.98. The summed E-state index contributed by atoms with van der Waals surface area (Å²) in [6.07, 6.45) is 8.55. The Morgan fingerprint density at radius 1 is 1.31 bits per heavy atom. The molecule has 138 valence electrons. The van der Waals surface area contributed by atoms with Crippen LogP contribution in [0.25, 0.3) is 5.82 Å². The van der Waals surface area contributed by atoms with Gasteiger partial charge in [-0.2, -0.15) is 0 Å². The molecule has 2 saturated heterocycles. The van der Waals surface area contributed by atoms with Crippen molar-refractivity contribution in [2.45, 2.75) is 37.4 Å². The third-order valence-corrected chi connectivity index (χ3v) is 5.44. The van der Waals surface area contributed by atoms with E-state index in [1.54, 1.807) is 42.7 Å². The maximum Gasteiger partial charge on any atom is 0.254 e. The number of likely N-dealkylation sites (tertiary alicyclic amines) is 1. The van der Waals surface area contributed by atoms with Crippen LogP contribution in [0, 0.1) is 0 Å². The molecular weight excluding hydrogens is 334 g/mol. The van der Waals surface area contributed by atoms with Gasteiger partial charge in [0.1, 0.15) is 18.5 Å². The topological polar surface area (TPSA) is 82.4 Å². The number of methoxy groups -OCH3 is 1. The molecule has 2 fully saturated rings. The lowest BCUT2D eigenvalue weighted by Crippen LogP contribution is -2.56. The summed E-state index contributed by atoms with van der Waals surface area (Å²) in [5, 5.41) is 7.56. The minimum atomic E-state index is -0.240. The summed E-state index contributed by atoms with van der Waals surface area (Å²) >= 11 is 0. The molecule has 4 heterocycles. The van der Waals surface area contributed by atoms with Gasteiger partial charge >= 0.3 is 0 Å². The van der Waals surface area contributed by atoms with Gasteiger partial charge in [0.25, 0.3) is 5.91 Å². The number of ether oxygens (including phenoxy) is 2. The van der Waals surface area contributed by atoms with E-state index in [9.17, 15) is 4.79 Å². The summed E-state index contributed by atoms with van der Waals surface area (Å²) in [6.45, 7) is 2.12. The van der Waals surface area contributed by atoms with Gasteiger partial charge in [-0.3, -0.25) is 9.36 Å². The molecule has 2 aliphatic heterocycles. The number of aromatic nitrogens is 4. The first-order valence-corrected chi connectivity index (χ1v) is 8.99. The standard InChI is InChI=1S/C18H23N5O3/c1-25-15-3-2-10-26-18(15)5-8-22(9-6-18)17(24)14-4-7-19-16(11-14)23-12-20-21-13-23/h4,7,11-13,15H,2-3,5-6,8-10H2,1H3/t15-/m1/s1. The first-order valence-electron chi connectivity index (χ1n) is 8.99. The van der Waals surface area contributed by atoms with Crippen molar-refractivity contribution in [3.63, 3.8) is 0 Å². The van der Waals surface area contributed by atoms with Crippen molar-refractivity contribution >= 4 is 5.91 Å². The Morgan fingerprint density at radius 2 is 2.08 bits per heavy atom. The molecule has 0 saturated carbocycles. The van der Waals surface area contributed by atoms with Crippen LogP contribution in [0.4, 0.5) is 0 Å². The van der Waals surface area contributed by atoms with Gasteiger partial charge in [0.2, 0.25) is 0 Å². The van der Waals surface area contributed by atoms with Crippen LogP contribution in [0.2, 0.25) is 0 Å². The van der Waals surface area contributed by atoms with Gasteiger partial charge < -0.3 is 14.4 Å². The number of piperidine rings is 1. The average molecular weight is 357 g/mol. The van der Waals surface area contributed by atoms with Gasteiger partial charge in [0, 0.05) is 38.6 Å². The highest BCUT2D eigenvalue weighted by molar-refractivity contribution is 5.94. The average Bonchev–Trinajstić information content (AvgIpc) is 3.23. The molecule has 1 amide bonds. The van der Waals surface area contributed by atoms with E-state index in [0.29, 0.717) is 24.5 Å². The van der Waals surface area contributed by atoms with Gasteiger partial charge in [0.15, 0.2) is 0 Å². The minimum Gasteiger partial charge on any atom is -0.378 e. The molecule has 2 aliphatic rings. The number of carbonyl (C=O) groups is 1. The molecule has 0 bridgehead atoms. The van der Waals surface area contributed by atoms with E-state index in [1.807, 2.05) is 4.90 Å². The third kappa shape index (κ3) is 3.10. The zero-order valence-corrected chi connectivity index (χ0v) is 14.9. The number of amides is 1. The predicted molar refractivity (Wildman–Crippen MR) is 93.0 cm³/mol. The molecule has 1 spiro atoms. The Labute approximate surface area is 152 Å². The van der Waals surface area contributed by atoms with Crippen LogP contribution in [0.3, 0.4) is 0 Å². The van der Waals surface area contributed by atoms with Crippen LogP contribution in [-0.4, -0.2) is 69.1 Å². The highest BCUT2D eigenvalue weighted by Gasteiger charge is 2.45. The number of rotatable bonds is 3. The molecular formula is C18H23N5O3. The molecule has 26 heavy (non-hydrogen) atoms. The van der Waals surface area contributed by atoms with Gasteiger partial charge in [-0.25, -0.2) is 4.98 Å². The summed E-state index contributed by atoms with van der Waals surface area (Å²) in [5.41, 5.74) is 0.378. The van der Waals surface area contributed by atoms with Gasteiger partial charge in [-0.05, 0) is 37.8 Å². The maximum absolute atomic E-state index is 12.9.